The second-order valence-corrected chi connectivity index (χ2v) is 4.35. The van der Waals surface area contributed by atoms with Gasteiger partial charge in [-0.1, -0.05) is 0 Å². The molecule has 0 aromatic rings. The average Bonchev–Trinajstić information content (AvgIpc) is 2.30. The second-order valence-electron chi connectivity index (χ2n) is 4.35. The predicted molar refractivity (Wildman–Crippen MR) is 71.6 cm³/mol. The van der Waals surface area contributed by atoms with Gasteiger partial charge in [0.05, 0.1) is 13.0 Å². The Hall–Kier alpha value is -0.320. The number of nitrogens with zero attached hydrogens (tertiary/aromatic N) is 1. The van der Waals surface area contributed by atoms with E-state index >= 15 is 0 Å². The molecule has 1 aliphatic heterocycles. The average molecular weight is 265 g/mol. The van der Waals surface area contributed by atoms with E-state index in [0.717, 1.165) is 26.1 Å². The molecule has 1 saturated heterocycles. The van der Waals surface area contributed by atoms with Crippen molar-refractivity contribution in [1.82, 2.24) is 10.2 Å². The molecule has 0 aromatic heterocycles. The molecule has 1 unspecified atom stereocenters. The van der Waals surface area contributed by atoms with E-state index < -0.39 is 0 Å². The first kappa shape index (κ1) is 16.7. The van der Waals surface area contributed by atoms with E-state index in [9.17, 15) is 4.79 Å². The van der Waals surface area contributed by atoms with Crippen molar-refractivity contribution in [2.75, 3.05) is 39.9 Å². The lowest BCUT2D eigenvalue weighted by atomic mass is 9.98. The van der Waals surface area contributed by atoms with Crippen LogP contribution in [0.2, 0.25) is 0 Å². The molecule has 1 heterocycles. The Balaban J connectivity index is 0.00000256. The van der Waals surface area contributed by atoms with E-state index in [0.29, 0.717) is 25.6 Å². The van der Waals surface area contributed by atoms with Gasteiger partial charge in [-0.15, -0.1) is 12.4 Å². The van der Waals surface area contributed by atoms with Gasteiger partial charge in [0.15, 0.2) is 0 Å². The fraction of sp³-hybridized carbons (Fsp3) is 0.917. The Labute approximate surface area is 110 Å². The van der Waals surface area contributed by atoms with Crippen molar-refractivity contribution in [2.24, 2.45) is 5.92 Å². The maximum Gasteiger partial charge on any atom is 0.224 e. The van der Waals surface area contributed by atoms with Crippen LogP contribution in [0.15, 0.2) is 0 Å². The smallest absolute Gasteiger partial charge is 0.224 e. The number of halogens is 1. The van der Waals surface area contributed by atoms with Gasteiger partial charge in [-0.3, -0.25) is 4.79 Å². The van der Waals surface area contributed by atoms with Gasteiger partial charge < -0.3 is 15.0 Å². The van der Waals surface area contributed by atoms with Crippen LogP contribution in [0.4, 0.5) is 0 Å². The van der Waals surface area contributed by atoms with Crippen molar-refractivity contribution in [3.63, 3.8) is 0 Å². The number of nitrogens with one attached hydrogen (secondary N) is 1. The molecule has 1 amide bonds. The Kier molecular flexibility index (Phi) is 9.50. The van der Waals surface area contributed by atoms with Gasteiger partial charge >= 0.3 is 0 Å². The number of ether oxygens (including phenoxy) is 1. The fourth-order valence-electron chi connectivity index (χ4n) is 2.21. The zero-order valence-corrected chi connectivity index (χ0v) is 11.7. The Morgan fingerprint density at radius 2 is 2.29 bits per heavy atom. The van der Waals surface area contributed by atoms with E-state index in [1.54, 1.807) is 0 Å². The highest BCUT2D eigenvalue weighted by Gasteiger charge is 2.22. The van der Waals surface area contributed by atoms with E-state index in [1.165, 1.54) is 6.42 Å². The zero-order valence-electron chi connectivity index (χ0n) is 10.9. The van der Waals surface area contributed by atoms with E-state index in [2.05, 4.69) is 5.32 Å². The quantitative estimate of drug-likeness (QED) is 0.735. The Bertz CT molecular complexity index is 213. The molecular weight excluding hydrogens is 240 g/mol. The van der Waals surface area contributed by atoms with Gasteiger partial charge in [0.2, 0.25) is 5.91 Å². The molecule has 0 saturated carbocycles. The molecule has 0 aliphatic carbocycles. The number of likely N-dealkylation sites (tertiary alicyclic amines) is 1. The number of piperidine rings is 1. The van der Waals surface area contributed by atoms with Crippen LogP contribution >= 0.6 is 12.4 Å². The number of carbonyl (C=O) groups excluding carboxylic acids is 1. The standard InChI is InChI=1S/C12H24N2O2.ClH/c1-3-16-8-6-12(15)14-7-4-5-11(10-14)9-13-2;/h11,13H,3-10H2,1-2H3;1H. The number of carbonyl (C=O) groups is 1. The Morgan fingerprint density at radius 1 is 1.53 bits per heavy atom. The van der Waals surface area contributed by atoms with Crippen LogP contribution in [0.25, 0.3) is 0 Å². The Morgan fingerprint density at radius 3 is 2.94 bits per heavy atom. The number of rotatable bonds is 6. The minimum atomic E-state index is 0. The van der Waals surface area contributed by atoms with Crippen molar-refractivity contribution in [3.05, 3.63) is 0 Å². The monoisotopic (exact) mass is 264 g/mol. The molecular formula is C12H25ClN2O2. The van der Waals surface area contributed by atoms with Crippen molar-refractivity contribution in [1.29, 1.82) is 0 Å². The van der Waals surface area contributed by atoms with Crippen LogP contribution < -0.4 is 5.32 Å². The molecule has 102 valence electrons. The van der Waals surface area contributed by atoms with Crippen LogP contribution in [-0.2, 0) is 9.53 Å². The lowest BCUT2D eigenvalue weighted by Gasteiger charge is -2.32. The van der Waals surface area contributed by atoms with E-state index in [1.807, 2.05) is 18.9 Å². The predicted octanol–water partition coefficient (Wildman–Crippen LogP) is 1.29. The summed E-state index contributed by atoms with van der Waals surface area (Å²) in [7, 11) is 1.97. The number of hydrogen-bond donors (Lipinski definition) is 1. The molecule has 1 N–H and O–H groups in total. The van der Waals surface area contributed by atoms with Crippen molar-refractivity contribution in [2.45, 2.75) is 26.2 Å². The lowest BCUT2D eigenvalue weighted by molar-refractivity contribution is -0.134. The number of amides is 1. The molecule has 0 bridgehead atoms. The summed E-state index contributed by atoms with van der Waals surface area (Å²) in [4.78, 5) is 13.8. The first-order valence-corrected chi connectivity index (χ1v) is 6.28. The summed E-state index contributed by atoms with van der Waals surface area (Å²) >= 11 is 0. The zero-order chi connectivity index (χ0) is 11.8. The van der Waals surface area contributed by atoms with Crippen LogP contribution in [0.3, 0.4) is 0 Å². The molecule has 0 aromatic carbocycles. The molecule has 5 heteroatoms. The molecule has 4 nitrogen and oxygen atoms in total. The molecule has 17 heavy (non-hydrogen) atoms. The highest BCUT2D eigenvalue weighted by Crippen LogP contribution is 2.16. The third kappa shape index (κ3) is 6.24. The van der Waals surface area contributed by atoms with Crippen molar-refractivity contribution >= 4 is 18.3 Å². The van der Waals surface area contributed by atoms with E-state index in [4.69, 9.17) is 4.74 Å². The van der Waals surface area contributed by atoms with Gasteiger partial charge in [-0.25, -0.2) is 0 Å². The highest BCUT2D eigenvalue weighted by atomic mass is 35.5. The summed E-state index contributed by atoms with van der Waals surface area (Å²) in [5.41, 5.74) is 0. The van der Waals surface area contributed by atoms with Crippen LogP contribution in [0.5, 0.6) is 0 Å². The topological polar surface area (TPSA) is 41.6 Å². The molecule has 1 atom stereocenters. The summed E-state index contributed by atoms with van der Waals surface area (Å²) in [6, 6.07) is 0. The number of hydrogen-bond acceptors (Lipinski definition) is 3. The van der Waals surface area contributed by atoms with Gasteiger partial charge in [-0.05, 0) is 39.3 Å². The first-order valence-electron chi connectivity index (χ1n) is 6.28. The normalized spacial score (nSPS) is 19.9. The third-order valence-electron chi connectivity index (χ3n) is 3.03. The molecule has 0 radical (unpaired) electrons. The maximum atomic E-state index is 11.8. The summed E-state index contributed by atoms with van der Waals surface area (Å²) in [6.07, 6.45) is 2.89. The molecule has 1 fully saturated rings. The van der Waals surface area contributed by atoms with Crippen molar-refractivity contribution < 1.29 is 9.53 Å². The molecule has 0 spiro atoms. The third-order valence-corrected chi connectivity index (χ3v) is 3.03. The SMILES string of the molecule is CCOCCC(=O)N1CCCC(CNC)C1.Cl. The van der Waals surface area contributed by atoms with Gasteiger partial charge in [0.1, 0.15) is 0 Å². The van der Waals surface area contributed by atoms with Crippen LogP contribution in [-0.4, -0.2) is 50.7 Å². The van der Waals surface area contributed by atoms with Crippen LogP contribution in [0, 0.1) is 5.92 Å². The maximum absolute atomic E-state index is 11.8. The van der Waals surface area contributed by atoms with E-state index in [-0.39, 0.29) is 18.3 Å². The van der Waals surface area contributed by atoms with Gasteiger partial charge in [0, 0.05) is 19.7 Å². The minimum absolute atomic E-state index is 0. The molecule has 1 rings (SSSR count). The van der Waals surface area contributed by atoms with Crippen LogP contribution in [0.1, 0.15) is 26.2 Å². The van der Waals surface area contributed by atoms with Crippen molar-refractivity contribution in [3.8, 4) is 0 Å². The highest BCUT2D eigenvalue weighted by molar-refractivity contribution is 5.85. The largest absolute Gasteiger partial charge is 0.381 e. The summed E-state index contributed by atoms with van der Waals surface area (Å²) in [5, 5.41) is 3.19. The summed E-state index contributed by atoms with van der Waals surface area (Å²) in [6.45, 7) is 6.04. The minimum Gasteiger partial charge on any atom is -0.381 e. The summed E-state index contributed by atoms with van der Waals surface area (Å²) < 4.78 is 5.21. The first-order chi connectivity index (χ1) is 7.77. The second kappa shape index (κ2) is 9.68. The lowest BCUT2D eigenvalue weighted by Crippen LogP contribution is -2.42. The van der Waals surface area contributed by atoms with Gasteiger partial charge in [-0.2, -0.15) is 0 Å². The fourth-order valence-corrected chi connectivity index (χ4v) is 2.21. The summed E-state index contributed by atoms with van der Waals surface area (Å²) in [5.74, 6) is 0.865. The molecule has 1 aliphatic rings. The van der Waals surface area contributed by atoms with Gasteiger partial charge in [0.25, 0.3) is 0 Å².